The zero-order chi connectivity index (χ0) is 23.9. The van der Waals surface area contributed by atoms with Gasteiger partial charge < -0.3 is 28.2 Å². The molecule has 0 aromatic carbocycles. The molecule has 1 rings (SSSR count). The first-order valence-electron chi connectivity index (χ1n) is 10.6. The lowest BCUT2D eigenvalue weighted by molar-refractivity contribution is -0.917. The molecule has 0 spiro atoms. The Balaban J connectivity index is 2.85. The molecule has 0 unspecified atom stereocenters. The normalized spacial score (nSPS) is 14.9. The van der Waals surface area contributed by atoms with Crippen LogP contribution < -0.4 is 0 Å². The fraction of sp³-hybridized carbons (Fsp3) is 0.609. The van der Waals surface area contributed by atoms with Crippen LogP contribution in [0.4, 0.5) is 0 Å². The average molecular weight is 455 g/mol. The minimum absolute atomic E-state index is 0.0382. The van der Waals surface area contributed by atoms with Crippen LogP contribution in [0.5, 0.6) is 0 Å². The number of likely N-dealkylation sites (tertiary alicyclic amines) is 1. The summed E-state index contributed by atoms with van der Waals surface area (Å²) < 4.78 is 27.7. The minimum Gasteiger partial charge on any atom is -0.462 e. The summed E-state index contributed by atoms with van der Waals surface area (Å²) in [5, 5.41) is 0. The van der Waals surface area contributed by atoms with E-state index in [1.54, 1.807) is 7.11 Å². The number of hydrogen-bond acceptors (Lipinski definition) is 8. The Hall–Kier alpha value is -2.49. The molecule has 0 bridgehead atoms. The molecule has 0 N–H and O–H groups in total. The molecule has 1 aliphatic rings. The highest BCUT2D eigenvalue weighted by Gasteiger charge is 2.37. The van der Waals surface area contributed by atoms with Crippen molar-refractivity contribution in [2.45, 2.75) is 12.8 Å². The molecule has 0 aromatic rings. The van der Waals surface area contributed by atoms with Crippen LogP contribution in [0, 0.1) is 5.41 Å². The quantitative estimate of drug-likeness (QED) is 0.107. The molecule has 0 radical (unpaired) electrons. The molecule has 0 saturated carbocycles. The maximum Gasteiger partial charge on any atom is 0.330 e. The van der Waals surface area contributed by atoms with Crippen molar-refractivity contribution >= 4 is 17.9 Å². The summed E-state index contributed by atoms with van der Waals surface area (Å²) >= 11 is 0. The van der Waals surface area contributed by atoms with Gasteiger partial charge in [0.25, 0.3) is 0 Å². The van der Waals surface area contributed by atoms with E-state index in [-0.39, 0.29) is 26.4 Å². The van der Waals surface area contributed by atoms with E-state index in [1.807, 2.05) is 0 Å². The lowest BCUT2D eigenvalue weighted by atomic mass is 9.92. The summed E-state index contributed by atoms with van der Waals surface area (Å²) in [6, 6.07) is 0. The number of rotatable bonds is 17. The third kappa shape index (κ3) is 9.76. The first kappa shape index (κ1) is 27.5. The van der Waals surface area contributed by atoms with Crippen molar-refractivity contribution in [1.82, 2.24) is 0 Å². The molecule has 9 heteroatoms. The highest BCUT2D eigenvalue weighted by molar-refractivity contribution is 5.82. The van der Waals surface area contributed by atoms with E-state index in [0.29, 0.717) is 13.2 Å². The third-order valence-electron chi connectivity index (χ3n) is 5.46. The zero-order valence-electron chi connectivity index (χ0n) is 19.1. The third-order valence-corrected chi connectivity index (χ3v) is 5.46. The van der Waals surface area contributed by atoms with Crippen LogP contribution in [-0.2, 0) is 38.1 Å². The van der Waals surface area contributed by atoms with Gasteiger partial charge in [-0.25, -0.2) is 14.4 Å². The number of methoxy groups -OCH3 is 1. The van der Waals surface area contributed by atoms with Gasteiger partial charge in [-0.15, -0.1) is 0 Å². The molecule has 0 aromatic heterocycles. The Labute approximate surface area is 190 Å². The van der Waals surface area contributed by atoms with E-state index in [1.165, 1.54) is 12.8 Å². The van der Waals surface area contributed by atoms with Crippen LogP contribution in [0.1, 0.15) is 12.8 Å². The zero-order valence-corrected chi connectivity index (χ0v) is 19.1. The Morgan fingerprint density at radius 3 is 1.62 bits per heavy atom. The van der Waals surface area contributed by atoms with Gasteiger partial charge in [0.2, 0.25) is 0 Å². The van der Waals surface area contributed by atoms with Crippen LogP contribution in [0.3, 0.4) is 0 Å². The number of carbonyl (C=O) groups excluding carboxylic acids is 3. The Morgan fingerprint density at radius 2 is 1.22 bits per heavy atom. The predicted molar refractivity (Wildman–Crippen MR) is 118 cm³/mol. The lowest BCUT2D eigenvalue weighted by Gasteiger charge is -2.35. The summed E-state index contributed by atoms with van der Waals surface area (Å²) in [5.74, 6) is -1.96. The van der Waals surface area contributed by atoms with E-state index in [4.69, 9.17) is 23.7 Å². The largest absolute Gasteiger partial charge is 0.462 e. The van der Waals surface area contributed by atoms with Crippen molar-refractivity contribution in [1.29, 1.82) is 0 Å². The molecule has 1 saturated heterocycles. The number of ether oxygens (including phenoxy) is 5. The highest BCUT2D eigenvalue weighted by Crippen LogP contribution is 2.23. The fourth-order valence-corrected chi connectivity index (χ4v) is 3.50. The van der Waals surface area contributed by atoms with Crippen molar-refractivity contribution in [2.75, 3.05) is 72.9 Å². The molecule has 180 valence electrons. The Kier molecular flexibility index (Phi) is 12.5. The van der Waals surface area contributed by atoms with Crippen molar-refractivity contribution in [3.05, 3.63) is 38.0 Å². The number of carbonyl (C=O) groups is 3. The standard InChI is InChI=1S/C23H36NO8/c1-5-20(25)30-17-23(18-31-21(26)6-2,19-32-22(27)7-3)16-29-15-13-24(12-14-28-4)10-8-9-11-24/h5-7H,1-3,8-19H2,4H3/q+1. The van der Waals surface area contributed by atoms with E-state index >= 15 is 0 Å². The van der Waals surface area contributed by atoms with Gasteiger partial charge in [0.05, 0.1) is 38.3 Å². The van der Waals surface area contributed by atoms with Gasteiger partial charge in [-0.3, -0.25) is 0 Å². The maximum atomic E-state index is 11.7. The molecular weight excluding hydrogens is 418 g/mol. The van der Waals surface area contributed by atoms with Crippen LogP contribution in [0.2, 0.25) is 0 Å². The van der Waals surface area contributed by atoms with Gasteiger partial charge in [-0.2, -0.15) is 0 Å². The predicted octanol–water partition coefficient (Wildman–Crippen LogP) is 1.43. The smallest absolute Gasteiger partial charge is 0.330 e. The summed E-state index contributed by atoms with van der Waals surface area (Å²) in [7, 11) is 1.69. The first-order chi connectivity index (χ1) is 15.3. The Morgan fingerprint density at radius 1 is 0.781 bits per heavy atom. The molecule has 1 aliphatic heterocycles. The van der Waals surface area contributed by atoms with Crippen LogP contribution in [0.25, 0.3) is 0 Å². The van der Waals surface area contributed by atoms with E-state index in [2.05, 4.69) is 19.7 Å². The van der Waals surface area contributed by atoms with Crippen molar-refractivity contribution in [3.63, 3.8) is 0 Å². The molecule has 0 aliphatic carbocycles. The second-order valence-corrected chi connectivity index (χ2v) is 7.92. The van der Waals surface area contributed by atoms with Crippen molar-refractivity contribution < 1.29 is 42.6 Å². The van der Waals surface area contributed by atoms with Gasteiger partial charge in [-0.1, -0.05) is 19.7 Å². The van der Waals surface area contributed by atoms with E-state index in [0.717, 1.165) is 48.9 Å². The van der Waals surface area contributed by atoms with Gasteiger partial charge in [0.1, 0.15) is 32.9 Å². The topological polar surface area (TPSA) is 97.4 Å². The lowest BCUT2D eigenvalue weighted by Crippen LogP contribution is -2.50. The van der Waals surface area contributed by atoms with Crippen LogP contribution in [-0.4, -0.2) is 95.3 Å². The number of nitrogens with zero attached hydrogens (tertiary/aromatic N) is 1. The molecule has 9 nitrogen and oxygen atoms in total. The van der Waals surface area contributed by atoms with Crippen molar-refractivity contribution in [2.24, 2.45) is 5.41 Å². The summed E-state index contributed by atoms with van der Waals surface area (Å²) in [5.41, 5.74) is -1.10. The summed E-state index contributed by atoms with van der Waals surface area (Å²) in [4.78, 5) is 35.0. The van der Waals surface area contributed by atoms with Gasteiger partial charge in [-0.05, 0) is 0 Å². The second kappa shape index (κ2) is 14.5. The monoisotopic (exact) mass is 454 g/mol. The summed E-state index contributed by atoms with van der Waals surface area (Å²) in [6.45, 7) is 14.5. The SMILES string of the molecule is C=CC(=O)OCC(COCC[N+]1(CCOC)CCCC1)(COC(=O)C=C)COC(=O)C=C. The molecule has 0 atom stereocenters. The summed E-state index contributed by atoms with van der Waals surface area (Å²) in [6.07, 6.45) is 5.40. The van der Waals surface area contributed by atoms with E-state index in [9.17, 15) is 14.4 Å². The van der Waals surface area contributed by atoms with E-state index < -0.39 is 23.3 Å². The minimum atomic E-state index is -1.10. The van der Waals surface area contributed by atoms with Crippen LogP contribution in [0.15, 0.2) is 38.0 Å². The molecule has 0 amide bonds. The molecule has 1 heterocycles. The van der Waals surface area contributed by atoms with Gasteiger partial charge >= 0.3 is 17.9 Å². The second-order valence-electron chi connectivity index (χ2n) is 7.92. The highest BCUT2D eigenvalue weighted by atomic mass is 16.6. The molecule has 32 heavy (non-hydrogen) atoms. The molecular formula is C23H36NO8+. The fourth-order valence-electron chi connectivity index (χ4n) is 3.50. The Bertz CT molecular complexity index is 595. The first-order valence-corrected chi connectivity index (χ1v) is 10.6. The number of hydrogen-bond donors (Lipinski definition) is 0. The van der Waals surface area contributed by atoms with Gasteiger partial charge in [0.15, 0.2) is 0 Å². The van der Waals surface area contributed by atoms with Crippen LogP contribution >= 0.6 is 0 Å². The average Bonchev–Trinajstić information content (AvgIpc) is 3.29. The maximum absolute atomic E-state index is 11.7. The number of esters is 3. The van der Waals surface area contributed by atoms with Gasteiger partial charge in [0, 0.05) is 38.2 Å². The number of quaternary nitrogens is 1. The molecule has 1 fully saturated rings. The van der Waals surface area contributed by atoms with Crippen molar-refractivity contribution in [3.8, 4) is 0 Å².